The molecule has 1 amide bonds. The third kappa shape index (κ3) is 2.99. The van der Waals surface area contributed by atoms with Crippen molar-refractivity contribution in [2.45, 2.75) is 39.0 Å². The zero-order chi connectivity index (χ0) is 15.7. The molecule has 0 unspecified atom stereocenters. The van der Waals surface area contributed by atoms with E-state index in [9.17, 15) is 9.59 Å². The van der Waals surface area contributed by atoms with Crippen LogP contribution in [0.15, 0.2) is 23.1 Å². The second-order valence-corrected chi connectivity index (χ2v) is 6.29. The van der Waals surface area contributed by atoms with Gasteiger partial charge in [0.2, 0.25) is 5.91 Å². The number of hydrogen-bond donors (Lipinski definition) is 1. The summed E-state index contributed by atoms with van der Waals surface area (Å²) in [4.78, 5) is 29.0. The van der Waals surface area contributed by atoms with Gasteiger partial charge in [-0.15, -0.1) is 0 Å². The first-order valence-corrected chi connectivity index (χ1v) is 7.91. The highest BCUT2D eigenvalue weighted by molar-refractivity contribution is 6.30. The number of aryl methyl sites for hydroxylation is 1. The van der Waals surface area contributed by atoms with Gasteiger partial charge in [-0.05, 0) is 37.8 Å². The lowest BCUT2D eigenvalue weighted by molar-refractivity contribution is -0.117. The van der Waals surface area contributed by atoms with Crippen LogP contribution in [0.2, 0.25) is 5.02 Å². The number of nitrogens with zero attached hydrogens (tertiary/aromatic N) is 2. The SMILES string of the molecule is Cc1nc2ccc(Cl)cn2c(=O)c1NC(=O)CC1CCCC1. The van der Waals surface area contributed by atoms with E-state index in [4.69, 9.17) is 11.6 Å². The molecule has 6 heteroatoms. The minimum Gasteiger partial charge on any atom is -0.320 e. The average molecular weight is 320 g/mol. The topological polar surface area (TPSA) is 63.5 Å². The minimum atomic E-state index is -0.301. The fraction of sp³-hybridized carbons (Fsp3) is 0.438. The van der Waals surface area contributed by atoms with Crippen LogP contribution in [0.3, 0.4) is 0 Å². The van der Waals surface area contributed by atoms with E-state index < -0.39 is 0 Å². The van der Waals surface area contributed by atoms with Gasteiger partial charge in [-0.3, -0.25) is 14.0 Å². The summed E-state index contributed by atoms with van der Waals surface area (Å²) < 4.78 is 1.36. The van der Waals surface area contributed by atoms with Crippen molar-refractivity contribution in [3.8, 4) is 0 Å². The van der Waals surface area contributed by atoms with Crippen LogP contribution in [-0.2, 0) is 4.79 Å². The highest BCUT2D eigenvalue weighted by atomic mass is 35.5. The smallest absolute Gasteiger partial charge is 0.281 e. The molecule has 1 aliphatic carbocycles. The molecule has 0 aromatic carbocycles. The molecule has 3 rings (SSSR count). The van der Waals surface area contributed by atoms with Crippen molar-refractivity contribution in [1.82, 2.24) is 9.38 Å². The van der Waals surface area contributed by atoms with Gasteiger partial charge in [-0.1, -0.05) is 24.4 Å². The maximum atomic E-state index is 12.5. The van der Waals surface area contributed by atoms with Crippen LogP contribution in [0.1, 0.15) is 37.8 Å². The maximum Gasteiger partial charge on any atom is 0.281 e. The molecule has 0 spiro atoms. The number of hydrogen-bond acceptors (Lipinski definition) is 3. The first kappa shape index (κ1) is 15.0. The van der Waals surface area contributed by atoms with E-state index in [0.717, 1.165) is 12.8 Å². The summed E-state index contributed by atoms with van der Waals surface area (Å²) in [7, 11) is 0. The zero-order valence-corrected chi connectivity index (χ0v) is 13.2. The first-order chi connectivity index (χ1) is 10.5. The Balaban J connectivity index is 1.89. The molecule has 0 aliphatic heterocycles. The third-order valence-corrected chi connectivity index (χ3v) is 4.40. The number of halogens is 1. The Hall–Kier alpha value is -1.88. The molecule has 0 bridgehead atoms. The normalized spacial score (nSPS) is 15.4. The lowest BCUT2D eigenvalue weighted by atomic mass is 10.0. The van der Waals surface area contributed by atoms with Crippen LogP contribution in [0, 0.1) is 12.8 Å². The van der Waals surface area contributed by atoms with Crippen molar-refractivity contribution in [2.75, 3.05) is 5.32 Å². The predicted octanol–water partition coefficient (Wildman–Crippen LogP) is 3.18. The highest BCUT2D eigenvalue weighted by Gasteiger charge is 2.20. The van der Waals surface area contributed by atoms with E-state index in [1.165, 1.54) is 23.4 Å². The van der Waals surface area contributed by atoms with Gasteiger partial charge in [0.1, 0.15) is 11.3 Å². The van der Waals surface area contributed by atoms with Crippen LogP contribution in [0.25, 0.3) is 5.65 Å². The second kappa shape index (κ2) is 6.08. The van der Waals surface area contributed by atoms with E-state index >= 15 is 0 Å². The van der Waals surface area contributed by atoms with Crippen LogP contribution in [0.4, 0.5) is 5.69 Å². The number of amides is 1. The first-order valence-electron chi connectivity index (χ1n) is 7.53. The summed E-state index contributed by atoms with van der Waals surface area (Å²) in [6, 6.07) is 3.36. The quantitative estimate of drug-likeness (QED) is 0.945. The van der Waals surface area contributed by atoms with E-state index in [2.05, 4.69) is 10.3 Å². The fourth-order valence-corrected chi connectivity index (χ4v) is 3.20. The van der Waals surface area contributed by atoms with Crippen molar-refractivity contribution in [3.63, 3.8) is 0 Å². The van der Waals surface area contributed by atoms with Gasteiger partial charge >= 0.3 is 0 Å². The van der Waals surface area contributed by atoms with Crippen LogP contribution >= 0.6 is 11.6 Å². The monoisotopic (exact) mass is 319 g/mol. The molecule has 2 aromatic heterocycles. The zero-order valence-electron chi connectivity index (χ0n) is 12.4. The van der Waals surface area contributed by atoms with Gasteiger partial charge in [0.05, 0.1) is 10.7 Å². The number of anilines is 1. The second-order valence-electron chi connectivity index (χ2n) is 5.86. The molecule has 22 heavy (non-hydrogen) atoms. The molecule has 0 atom stereocenters. The largest absolute Gasteiger partial charge is 0.320 e. The Morgan fingerprint density at radius 2 is 2.14 bits per heavy atom. The molecule has 0 saturated heterocycles. The number of nitrogens with one attached hydrogen (secondary N) is 1. The number of pyridine rings is 1. The van der Waals surface area contributed by atoms with Gasteiger partial charge in [0.25, 0.3) is 5.56 Å². The summed E-state index contributed by atoms with van der Waals surface area (Å²) in [5.41, 5.74) is 0.973. The van der Waals surface area contributed by atoms with E-state index in [1.807, 2.05) is 0 Å². The molecule has 2 aromatic rings. The molecule has 1 saturated carbocycles. The summed E-state index contributed by atoms with van der Waals surface area (Å²) in [6.45, 7) is 1.72. The van der Waals surface area contributed by atoms with Gasteiger partial charge in [-0.2, -0.15) is 0 Å². The summed E-state index contributed by atoms with van der Waals surface area (Å²) in [6.07, 6.45) is 6.55. The standard InChI is InChI=1S/C16H18ClN3O2/c1-10-15(19-14(21)8-11-4-2-3-5-11)16(22)20-9-12(17)6-7-13(20)18-10/h6-7,9,11H,2-5,8H2,1H3,(H,19,21). The van der Waals surface area contributed by atoms with Crippen molar-refractivity contribution in [3.05, 3.63) is 39.4 Å². The van der Waals surface area contributed by atoms with Crippen molar-refractivity contribution in [1.29, 1.82) is 0 Å². The molecule has 1 aliphatic rings. The summed E-state index contributed by atoms with van der Waals surface area (Å²) in [5.74, 6) is 0.321. The van der Waals surface area contributed by atoms with E-state index in [0.29, 0.717) is 28.7 Å². The predicted molar refractivity (Wildman–Crippen MR) is 86.4 cm³/mol. The minimum absolute atomic E-state index is 0.115. The lowest BCUT2D eigenvalue weighted by Gasteiger charge is -2.12. The summed E-state index contributed by atoms with van der Waals surface area (Å²) in [5, 5.41) is 3.19. The number of carbonyl (C=O) groups excluding carboxylic acids is 1. The number of rotatable bonds is 3. The van der Waals surface area contributed by atoms with Gasteiger partial charge in [-0.25, -0.2) is 4.98 Å². The van der Waals surface area contributed by atoms with Gasteiger partial charge in [0, 0.05) is 12.6 Å². The Bertz CT molecular complexity index is 779. The lowest BCUT2D eigenvalue weighted by Crippen LogP contribution is -2.25. The van der Waals surface area contributed by atoms with Crippen molar-refractivity contribution >= 4 is 28.8 Å². The van der Waals surface area contributed by atoms with Crippen LogP contribution in [0.5, 0.6) is 0 Å². The van der Waals surface area contributed by atoms with Gasteiger partial charge < -0.3 is 5.32 Å². The van der Waals surface area contributed by atoms with Crippen molar-refractivity contribution < 1.29 is 4.79 Å². The Labute approximate surface area is 133 Å². The average Bonchev–Trinajstić information content (AvgIpc) is 2.97. The molecule has 2 heterocycles. The number of aromatic nitrogens is 2. The van der Waals surface area contributed by atoms with E-state index in [-0.39, 0.29) is 17.2 Å². The molecule has 5 nitrogen and oxygen atoms in total. The molecular weight excluding hydrogens is 302 g/mol. The van der Waals surface area contributed by atoms with E-state index in [1.54, 1.807) is 19.1 Å². The van der Waals surface area contributed by atoms with Gasteiger partial charge in [0.15, 0.2) is 0 Å². The Morgan fingerprint density at radius 3 is 2.86 bits per heavy atom. The number of fused-ring (bicyclic) bond motifs is 1. The highest BCUT2D eigenvalue weighted by Crippen LogP contribution is 2.27. The molecule has 116 valence electrons. The fourth-order valence-electron chi connectivity index (χ4n) is 3.03. The molecule has 1 N–H and O–H groups in total. The van der Waals surface area contributed by atoms with Crippen molar-refractivity contribution in [2.24, 2.45) is 5.92 Å². The molecular formula is C16H18ClN3O2. The third-order valence-electron chi connectivity index (χ3n) is 4.18. The van der Waals surface area contributed by atoms with Crippen LogP contribution in [-0.4, -0.2) is 15.3 Å². The Kier molecular flexibility index (Phi) is 4.16. The number of carbonyl (C=O) groups is 1. The molecule has 1 fully saturated rings. The Morgan fingerprint density at radius 1 is 1.41 bits per heavy atom. The molecule has 0 radical (unpaired) electrons. The maximum absolute atomic E-state index is 12.5. The van der Waals surface area contributed by atoms with Crippen LogP contribution < -0.4 is 10.9 Å². The summed E-state index contributed by atoms with van der Waals surface area (Å²) >= 11 is 5.93.